The van der Waals surface area contributed by atoms with Gasteiger partial charge in [0.05, 0.1) is 26.5 Å². The largest absolute Gasteiger partial charge is 0.294 e. The van der Waals surface area contributed by atoms with Crippen LogP contribution in [0.4, 0.5) is 0 Å². The van der Waals surface area contributed by atoms with E-state index in [1.54, 1.807) is 12.1 Å². The number of rotatable bonds is 2. The Bertz CT molecular complexity index is 2530. The molecule has 8 aromatic rings. The predicted molar refractivity (Wildman–Crippen MR) is 175 cm³/mol. The van der Waals surface area contributed by atoms with E-state index < -0.39 is 9.84 Å². The van der Waals surface area contributed by atoms with Crippen molar-refractivity contribution in [3.8, 4) is 27.9 Å². The summed E-state index contributed by atoms with van der Waals surface area (Å²) in [4.78, 5) is 5.28. The number of benzene rings is 7. The smallest absolute Gasteiger partial charge is 0.210 e. The van der Waals surface area contributed by atoms with E-state index in [9.17, 15) is 8.42 Å². The minimum atomic E-state index is -3.77. The van der Waals surface area contributed by atoms with Crippen molar-refractivity contribution in [1.82, 2.24) is 9.55 Å². The van der Waals surface area contributed by atoms with Crippen LogP contribution in [0.2, 0.25) is 0 Å². The topological polar surface area (TPSA) is 52.0 Å². The van der Waals surface area contributed by atoms with Crippen LogP contribution >= 0.6 is 0 Å². The van der Waals surface area contributed by atoms with Crippen molar-refractivity contribution in [2.45, 2.75) is 16.7 Å². The molecule has 1 aliphatic rings. The Hall–Kier alpha value is -5.26. The Labute approximate surface area is 248 Å². The van der Waals surface area contributed by atoms with E-state index in [0.29, 0.717) is 26.5 Å². The average Bonchev–Trinajstić information content (AvgIpc) is 3.38. The van der Waals surface area contributed by atoms with Gasteiger partial charge in [0.2, 0.25) is 9.84 Å². The third kappa shape index (κ3) is 3.25. The average molecular weight is 573 g/mol. The summed E-state index contributed by atoms with van der Waals surface area (Å²) in [5.74, 6) is 0.765. The summed E-state index contributed by atoms with van der Waals surface area (Å²) in [6, 6.07) is 43.1. The quantitative estimate of drug-likeness (QED) is 0.194. The molecule has 0 fully saturated rings. The second kappa shape index (κ2) is 8.63. The molecule has 9 rings (SSSR count). The first kappa shape index (κ1) is 24.3. The van der Waals surface area contributed by atoms with Gasteiger partial charge in [0, 0.05) is 0 Å². The van der Waals surface area contributed by atoms with Crippen LogP contribution in [0, 0.1) is 6.92 Å². The molecular weight excluding hydrogens is 548 g/mol. The summed E-state index contributed by atoms with van der Waals surface area (Å²) < 4.78 is 30.2. The Morgan fingerprint density at radius 1 is 0.581 bits per heavy atom. The van der Waals surface area contributed by atoms with Gasteiger partial charge in [-0.3, -0.25) is 4.57 Å². The molecule has 0 aliphatic carbocycles. The van der Waals surface area contributed by atoms with Crippen molar-refractivity contribution in [2.24, 2.45) is 0 Å². The number of sulfone groups is 1. The second-order valence-electron chi connectivity index (χ2n) is 11.2. The fourth-order valence-electron chi connectivity index (χ4n) is 7.08. The summed E-state index contributed by atoms with van der Waals surface area (Å²) in [6.45, 7) is 1.92. The molecule has 204 valence electrons. The van der Waals surface area contributed by atoms with Crippen LogP contribution < -0.4 is 0 Å². The first-order chi connectivity index (χ1) is 21.0. The first-order valence-corrected chi connectivity index (χ1v) is 15.8. The van der Waals surface area contributed by atoms with Gasteiger partial charge in [0.15, 0.2) is 0 Å². The maximum atomic E-state index is 14.1. The normalized spacial score (nSPS) is 13.6. The van der Waals surface area contributed by atoms with Gasteiger partial charge in [-0.2, -0.15) is 0 Å². The summed E-state index contributed by atoms with van der Waals surface area (Å²) in [7, 11) is -3.77. The Balaban J connectivity index is 1.39. The molecule has 7 aromatic carbocycles. The van der Waals surface area contributed by atoms with Gasteiger partial charge >= 0.3 is 0 Å². The Morgan fingerprint density at radius 2 is 1.19 bits per heavy atom. The monoisotopic (exact) mass is 572 g/mol. The lowest BCUT2D eigenvalue weighted by Crippen LogP contribution is -2.15. The van der Waals surface area contributed by atoms with E-state index in [4.69, 9.17) is 0 Å². The van der Waals surface area contributed by atoms with Crippen LogP contribution in [-0.4, -0.2) is 18.0 Å². The highest BCUT2D eigenvalue weighted by Gasteiger charge is 2.33. The molecule has 0 radical (unpaired) electrons. The van der Waals surface area contributed by atoms with Crippen molar-refractivity contribution < 1.29 is 8.42 Å². The van der Waals surface area contributed by atoms with Gasteiger partial charge in [0.1, 0.15) is 5.82 Å². The van der Waals surface area contributed by atoms with Gasteiger partial charge in [-0.05, 0) is 85.8 Å². The zero-order valence-electron chi connectivity index (χ0n) is 23.2. The van der Waals surface area contributed by atoms with E-state index in [-0.39, 0.29) is 0 Å². The fourth-order valence-corrected chi connectivity index (χ4v) is 8.75. The predicted octanol–water partition coefficient (Wildman–Crippen LogP) is 9.27. The lowest BCUT2D eigenvalue weighted by molar-refractivity contribution is 0.594. The molecule has 4 nitrogen and oxygen atoms in total. The fraction of sp³-hybridized carbons (Fsp3) is 0.0263. The molecule has 2 heterocycles. The third-order valence-electron chi connectivity index (χ3n) is 8.87. The van der Waals surface area contributed by atoms with E-state index in [1.165, 1.54) is 21.9 Å². The van der Waals surface area contributed by atoms with Crippen LogP contribution in [0.25, 0.3) is 71.3 Å². The van der Waals surface area contributed by atoms with Crippen LogP contribution in [0.5, 0.6) is 0 Å². The third-order valence-corrected chi connectivity index (χ3v) is 10.7. The number of para-hydroxylation sites is 1. The first-order valence-electron chi connectivity index (χ1n) is 14.3. The lowest BCUT2D eigenvalue weighted by Gasteiger charge is -2.22. The van der Waals surface area contributed by atoms with E-state index in [1.807, 2.05) is 29.7 Å². The van der Waals surface area contributed by atoms with Crippen LogP contribution in [0.15, 0.2) is 137 Å². The number of hydrogen-bond donors (Lipinski definition) is 0. The molecule has 5 heteroatoms. The van der Waals surface area contributed by atoms with Gasteiger partial charge in [-0.15, -0.1) is 0 Å². The summed E-state index contributed by atoms with van der Waals surface area (Å²) >= 11 is 0. The molecule has 0 spiro atoms. The number of aromatic nitrogens is 2. The number of nitrogens with zero attached hydrogens (tertiary/aromatic N) is 2. The maximum Gasteiger partial charge on any atom is 0.210 e. The minimum Gasteiger partial charge on any atom is -0.294 e. The summed E-state index contributed by atoms with van der Waals surface area (Å²) in [5, 5.41) is 6.82. The van der Waals surface area contributed by atoms with Crippen molar-refractivity contribution >= 4 is 53.2 Å². The highest BCUT2D eigenvalue weighted by Crippen LogP contribution is 2.47. The molecule has 0 atom stereocenters. The standard InChI is InChI=1S/C38H24N2O2S/c1-23-39-32-18-9-19-34-38(32)40(23)33-21-20-25(22-35(33)43(34,41)42)36-28-13-4-6-15-30(28)37(31-16-7-5-14-29(31)36)27-17-8-11-24-10-2-3-12-26(24)27/h2-22H,1H3. The Morgan fingerprint density at radius 3 is 1.91 bits per heavy atom. The number of fused-ring (bicyclic) bond motifs is 5. The van der Waals surface area contributed by atoms with Gasteiger partial charge in [0.25, 0.3) is 0 Å². The van der Waals surface area contributed by atoms with E-state index in [2.05, 4.69) is 102 Å². The van der Waals surface area contributed by atoms with Crippen LogP contribution in [0.1, 0.15) is 5.82 Å². The molecule has 0 amide bonds. The second-order valence-corrected chi connectivity index (χ2v) is 13.1. The zero-order chi connectivity index (χ0) is 28.9. The van der Waals surface area contributed by atoms with Crippen molar-refractivity contribution in [3.05, 3.63) is 133 Å². The van der Waals surface area contributed by atoms with Gasteiger partial charge < -0.3 is 0 Å². The molecule has 0 saturated carbocycles. The molecule has 1 aliphatic heterocycles. The highest BCUT2D eigenvalue weighted by molar-refractivity contribution is 7.92. The van der Waals surface area contributed by atoms with Crippen molar-refractivity contribution in [3.63, 3.8) is 0 Å². The molecular formula is C38H24N2O2S. The molecule has 1 aromatic heterocycles. The van der Waals surface area contributed by atoms with Crippen molar-refractivity contribution in [2.75, 3.05) is 0 Å². The molecule has 0 bridgehead atoms. The summed E-state index contributed by atoms with van der Waals surface area (Å²) in [6.07, 6.45) is 0. The summed E-state index contributed by atoms with van der Waals surface area (Å²) in [5.41, 5.74) is 6.24. The van der Waals surface area contributed by atoms with Gasteiger partial charge in [-0.25, -0.2) is 13.4 Å². The van der Waals surface area contributed by atoms with Gasteiger partial charge in [-0.1, -0.05) is 103 Å². The van der Waals surface area contributed by atoms with Crippen molar-refractivity contribution in [1.29, 1.82) is 0 Å². The SMILES string of the molecule is Cc1nc2cccc3c2n1-c1ccc(-c2c4ccccc4c(-c4cccc5ccccc45)c4ccccc24)cc1S3(=O)=O. The number of imidazole rings is 1. The Kier molecular flexibility index (Phi) is 4.89. The minimum absolute atomic E-state index is 0.302. The number of hydrogen-bond acceptors (Lipinski definition) is 3. The highest BCUT2D eigenvalue weighted by atomic mass is 32.2. The number of aryl methyl sites for hydroxylation is 1. The molecule has 0 N–H and O–H groups in total. The van der Waals surface area contributed by atoms with Crippen LogP contribution in [-0.2, 0) is 9.84 Å². The maximum absolute atomic E-state index is 14.1. The lowest BCUT2D eigenvalue weighted by atomic mass is 9.85. The zero-order valence-corrected chi connectivity index (χ0v) is 24.1. The van der Waals surface area contributed by atoms with E-state index in [0.717, 1.165) is 38.5 Å². The molecule has 0 unspecified atom stereocenters. The van der Waals surface area contributed by atoms with E-state index >= 15 is 0 Å². The molecule has 43 heavy (non-hydrogen) atoms. The van der Waals surface area contributed by atoms with Crippen LogP contribution in [0.3, 0.4) is 0 Å². The molecule has 0 saturated heterocycles.